The molecule has 3 unspecified atom stereocenters. The van der Waals surface area contributed by atoms with Crippen LogP contribution in [0.3, 0.4) is 0 Å². The molecule has 2 fully saturated rings. The molecule has 0 saturated carbocycles. The minimum atomic E-state index is -0.193. The fraction of sp³-hybridized carbons (Fsp3) is 0.421. The van der Waals surface area contributed by atoms with Crippen molar-refractivity contribution in [3.63, 3.8) is 0 Å². The number of rotatable bonds is 4. The quantitative estimate of drug-likeness (QED) is 0.865. The van der Waals surface area contributed by atoms with Gasteiger partial charge in [0.1, 0.15) is 0 Å². The first-order valence-corrected chi connectivity index (χ1v) is 9.81. The fourth-order valence-corrected chi connectivity index (χ4v) is 4.30. The van der Waals surface area contributed by atoms with E-state index in [-0.39, 0.29) is 30.0 Å². The van der Waals surface area contributed by atoms with Crippen LogP contribution in [-0.4, -0.2) is 41.6 Å². The summed E-state index contributed by atoms with van der Waals surface area (Å²) in [5, 5.41) is 8.39. The molecule has 2 aromatic rings. The number of amides is 2. The molecule has 136 valence electrons. The van der Waals surface area contributed by atoms with Gasteiger partial charge >= 0.3 is 0 Å². The lowest BCUT2D eigenvalue weighted by Crippen LogP contribution is -2.60. The maximum atomic E-state index is 12.7. The molecule has 2 amide bonds. The van der Waals surface area contributed by atoms with Gasteiger partial charge in [-0.2, -0.15) is 0 Å². The molecule has 3 atom stereocenters. The summed E-state index contributed by atoms with van der Waals surface area (Å²) < 4.78 is 5.74. The van der Waals surface area contributed by atoms with Crippen molar-refractivity contribution in [1.29, 1.82) is 0 Å². The van der Waals surface area contributed by atoms with Crippen LogP contribution in [0.1, 0.15) is 35.5 Å². The lowest BCUT2D eigenvalue weighted by Gasteiger charge is -2.35. The zero-order valence-electron chi connectivity index (χ0n) is 14.3. The number of ether oxygens (including phenoxy) is 1. The first-order valence-electron chi connectivity index (χ1n) is 8.93. The molecule has 0 radical (unpaired) electrons. The lowest BCUT2D eigenvalue weighted by atomic mass is 9.92. The second-order valence-electron chi connectivity index (χ2n) is 6.67. The van der Waals surface area contributed by atoms with Crippen molar-refractivity contribution in [2.75, 3.05) is 6.61 Å². The van der Waals surface area contributed by atoms with Crippen LogP contribution in [0.25, 0.3) is 11.3 Å². The Kier molecular flexibility index (Phi) is 4.99. The molecule has 26 heavy (non-hydrogen) atoms. The van der Waals surface area contributed by atoms with Crippen LogP contribution >= 0.6 is 11.3 Å². The minimum absolute atomic E-state index is 0.0246. The van der Waals surface area contributed by atoms with Crippen molar-refractivity contribution in [3.8, 4) is 11.3 Å². The Balaban J connectivity index is 1.46. The highest BCUT2D eigenvalue weighted by molar-refractivity contribution is 7.12. The molecule has 1 aromatic heterocycles. The topological polar surface area (TPSA) is 80.3 Å². The number of nitrogens with zero attached hydrogens (tertiary/aromatic N) is 1. The maximum Gasteiger partial charge on any atom is 0.280 e. The normalized spacial score (nSPS) is 25.7. The largest absolute Gasteiger partial charge is 0.376 e. The van der Waals surface area contributed by atoms with Gasteiger partial charge in [-0.05, 0) is 19.3 Å². The predicted molar refractivity (Wildman–Crippen MR) is 98.9 cm³/mol. The monoisotopic (exact) mass is 371 g/mol. The van der Waals surface area contributed by atoms with Crippen molar-refractivity contribution in [2.24, 2.45) is 0 Å². The molecule has 0 bridgehead atoms. The van der Waals surface area contributed by atoms with Crippen molar-refractivity contribution in [2.45, 2.75) is 43.9 Å². The number of hydrogen-bond acceptors (Lipinski definition) is 5. The van der Waals surface area contributed by atoms with Gasteiger partial charge in [-0.1, -0.05) is 30.3 Å². The SMILES string of the molecule is O=C1CCC(NC(=O)c2nc(-c3ccccc3)cs2)C(C2CCCO2)N1. The average molecular weight is 371 g/mol. The van der Waals surface area contributed by atoms with Crippen molar-refractivity contribution in [3.05, 3.63) is 40.7 Å². The number of benzene rings is 1. The van der Waals surface area contributed by atoms with Gasteiger partial charge in [-0.3, -0.25) is 9.59 Å². The fourth-order valence-electron chi connectivity index (χ4n) is 3.57. The number of hydrogen-bond donors (Lipinski definition) is 2. The van der Waals surface area contributed by atoms with Crippen LogP contribution in [-0.2, 0) is 9.53 Å². The number of nitrogens with one attached hydrogen (secondary N) is 2. The first-order chi connectivity index (χ1) is 12.7. The number of carbonyl (C=O) groups excluding carboxylic acids is 2. The van der Waals surface area contributed by atoms with E-state index in [0.717, 1.165) is 24.1 Å². The van der Waals surface area contributed by atoms with Gasteiger partial charge in [0.05, 0.1) is 23.9 Å². The van der Waals surface area contributed by atoms with Gasteiger partial charge in [0.2, 0.25) is 5.91 Å². The Morgan fingerprint density at radius 1 is 1.27 bits per heavy atom. The number of carbonyl (C=O) groups is 2. The Labute approximate surface area is 156 Å². The van der Waals surface area contributed by atoms with E-state index in [9.17, 15) is 9.59 Å². The van der Waals surface area contributed by atoms with Crippen LogP contribution in [0.4, 0.5) is 0 Å². The van der Waals surface area contributed by atoms with Crippen molar-refractivity contribution >= 4 is 23.2 Å². The molecule has 1 aromatic carbocycles. The van der Waals surface area contributed by atoms with Crippen molar-refractivity contribution < 1.29 is 14.3 Å². The molecule has 7 heteroatoms. The summed E-state index contributed by atoms with van der Waals surface area (Å²) in [6, 6.07) is 9.49. The Bertz CT molecular complexity index is 786. The van der Waals surface area contributed by atoms with Crippen LogP contribution < -0.4 is 10.6 Å². The van der Waals surface area contributed by atoms with E-state index >= 15 is 0 Å². The Morgan fingerprint density at radius 2 is 2.12 bits per heavy atom. The van der Waals surface area contributed by atoms with Gasteiger partial charge in [-0.15, -0.1) is 11.3 Å². The van der Waals surface area contributed by atoms with Crippen LogP contribution in [0.5, 0.6) is 0 Å². The highest BCUT2D eigenvalue weighted by Gasteiger charge is 2.37. The molecule has 0 spiro atoms. The van der Waals surface area contributed by atoms with E-state index in [1.165, 1.54) is 11.3 Å². The van der Waals surface area contributed by atoms with E-state index in [0.29, 0.717) is 24.5 Å². The lowest BCUT2D eigenvalue weighted by molar-refractivity contribution is -0.125. The van der Waals surface area contributed by atoms with Crippen molar-refractivity contribution in [1.82, 2.24) is 15.6 Å². The molecule has 2 aliphatic rings. The highest BCUT2D eigenvalue weighted by atomic mass is 32.1. The summed E-state index contributed by atoms with van der Waals surface area (Å²) in [6.45, 7) is 0.713. The molecule has 6 nitrogen and oxygen atoms in total. The maximum absolute atomic E-state index is 12.7. The summed E-state index contributed by atoms with van der Waals surface area (Å²) in [6.07, 6.45) is 2.92. The minimum Gasteiger partial charge on any atom is -0.376 e. The van der Waals surface area contributed by atoms with Gasteiger partial charge in [0, 0.05) is 24.0 Å². The second-order valence-corrected chi connectivity index (χ2v) is 7.53. The second kappa shape index (κ2) is 7.55. The van der Waals surface area contributed by atoms with E-state index in [2.05, 4.69) is 15.6 Å². The van der Waals surface area contributed by atoms with E-state index in [1.54, 1.807) is 0 Å². The van der Waals surface area contributed by atoms with E-state index in [1.807, 2.05) is 35.7 Å². The Morgan fingerprint density at radius 3 is 2.88 bits per heavy atom. The number of thiazole rings is 1. The molecular weight excluding hydrogens is 350 g/mol. The summed E-state index contributed by atoms with van der Waals surface area (Å²) in [5.74, 6) is -0.169. The van der Waals surface area contributed by atoms with Gasteiger partial charge in [0.15, 0.2) is 5.01 Å². The smallest absolute Gasteiger partial charge is 0.280 e. The number of aromatic nitrogens is 1. The van der Waals surface area contributed by atoms with E-state index in [4.69, 9.17) is 4.74 Å². The third kappa shape index (κ3) is 3.64. The molecule has 2 N–H and O–H groups in total. The van der Waals surface area contributed by atoms with Gasteiger partial charge in [0.25, 0.3) is 5.91 Å². The standard InChI is InChI=1S/C19H21N3O3S/c23-16-9-8-13(17(22-16)15-7-4-10-25-15)20-18(24)19-21-14(11-26-19)12-5-2-1-3-6-12/h1-3,5-6,11,13,15,17H,4,7-10H2,(H,20,24)(H,22,23). The van der Waals surface area contributed by atoms with Crippen LogP contribution in [0.15, 0.2) is 35.7 Å². The summed E-state index contributed by atoms with van der Waals surface area (Å²) in [4.78, 5) is 29.0. The molecule has 4 rings (SSSR count). The summed E-state index contributed by atoms with van der Waals surface area (Å²) in [7, 11) is 0. The zero-order chi connectivity index (χ0) is 17.9. The highest BCUT2D eigenvalue weighted by Crippen LogP contribution is 2.24. The zero-order valence-corrected chi connectivity index (χ0v) is 15.1. The molecule has 0 aliphatic carbocycles. The molecule has 2 aliphatic heterocycles. The molecular formula is C19H21N3O3S. The predicted octanol–water partition coefficient (Wildman–Crippen LogP) is 2.37. The van der Waals surface area contributed by atoms with E-state index < -0.39 is 0 Å². The molecule has 2 saturated heterocycles. The summed E-state index contributed by atoms with van der Waals surface area (Å²) >= 11 is 1.33. The Hall–Kier alpha value is -2.25. The third-order valence-corrected chi connectivity index (χ3v) is 5.73. The van der Waals surface area contributed by atoms with Gasteiger partial charge in [-0.25, -0.2) is 4.98 Å². The molecule has 3 heterocycles. The van der Waals surface area contributed by atoms with Crippen LogP contribution in [0.2, 0.25) is 0 Å². The first kappa shape index (κ1) is 17.2. The average Bonchev–Trinajstić information content (AvgIpc) is 3.36. The third-order valence-electron chi connectivity index (χ3n) is 4.89. The summed E-state index contributed by atoms with van der Waals surface area (Å²) in [5.41, 5.74) is 1.79. The number of piperidine rings is 1. The van der Waals surface area contributed by atoms with Crippen LogP contribution in [0, 0.1) is 0 Å². The van der Waals surface area contributed by atoms with Gasteiger partial charge < -0.3 is 15.4 Å².